The van der Waals surface area contributed by atoms with E-state index in [2.05, 4.69) is 15.5 Å². The van der Waals surface area contributed by atoms with Gasteiger partial charge in [0.2, 0.25) is 11.8 Å². The van der Waals surface area contributed by atoms with Crippen molar-refractivity contribution in [1.82, 2.24) is 15.5 Å². The number of nitrogens with one attached hydrogen (secondary N) is 1. The zero-order valence-corrected chi connectivity index (χ0v) is 15.7. The van der Waals surface area contributed by atoms with E-state index in [-0.39, 0.29) is 23.0 Å². The summed E-state index contributed by atoms with van der Waals surface area (Å²) in [6, 6.07) is 9.74. The summed E-state index contributed by atoms with van der Waals surface area (Å²) in [6.45, 7) is 3.78. The smallest absolute Gasteiger partial charge is 0.233 e. The fourth-order valence-electron chi connectivity index (χ4n) is 1.80. The van der Waals surface area contributed by atoms with Gasteiger partial charge in [-0.15, -0.1) is 10.2 Å². The van der Waals surface area contributed by atoms with Crippen molar-refractivity contribution in [2.24, 2.45) is 5.73 Å². The minimum absolute atomic E-state index is 0.0575. The van der Waals surface area contributed by atoms with Gasteiger partial charge < -0.3 is 11.1 Å². The number of benzene rings is 1. The van der Waals surface area contributed by atoms with E-state index in [1.807, 2.05) is 44.2 Å². The van der Waals surface area contributed by atoms with Gasteiger partial charge in [0.25, 0.3) is 0 Å². The quantitative estimate of drug-likeness (QED) is 0.681. The Labute approximate surface area is 153 Å². The standard InChI is InChI=1S/C15H18N4O2S3/c1-9(11-6-4-3-5-7-11)17-13(21)10(2)23-15-19-18-14(24-15)22-8-12(16)20/h3-7,9-10H,8H2,1-2H3,(H2,16,20)(H,17,21). The minimum atomic E-state index is -0.396. The van der Waals surface area contributed by atoms with E-state index in [9.17, 15) is 9.59 Å². The van der Waals surface area contributed by atoms with Crippen LogP contribution in [0.3, 0.4) is 0 Å². The maximum Gasteiger partial charge on any atom is 0.233 e. The first-order valence-corrected chi connectivity index (χ1v) is 9.90. The first kappa shape index (κ1) is 18.8. The predicted octanol–water partition coefficient (Wildman–Crippen LogP) is 2.47. The Morgan fingerprint density at radius 3 is 2.54 bits per heavy atom. The number of hydrogen-bond donors (Lipinski definition) is 2. The lowest BCUT2D eigenvalue weighted by Crippen LogP contribution is -2.33. The Kier molecular flexibility index (Phi) is 7.07. The van der Waals surface area contributed by atoms with Crippen LogP contribution in [0.15, 0.2) is 39.0 Å². The summed E-state index contributed by atoms with van der Waals surface area (Å²) < 4.78 is 1.36. The highest BCUT2D eigenvalue weighted by atomic mass is 32.2. The normalized spacial score (nSPS) is 13.2. The molecule has 1 aromatic carbocycles. The summed E-state index contributed by atoms with van der Waals surface area (Å²) in [7, 11) is 0. The average Bonchev–Trinajstić information content (AvgIpc) is 3.01. The Bertz CT molecular complexity index is 693. The second-order valence-corrected chi connectivity index (χ2v) is 8.78. The molecule has 6 nitrogen and oxygen atoms in total. The van der Waals surface area contributed by atoms with Crippen molar-refractivity contribution in [2.75, 3.05) is 5.75 Å². The molecule has 2 amide bonds. The van der Waals surface area contributed by atoms with Crippen molar-refractivity contribution in [3.8, 4) is 0 Å². The Balaban J connectivity index is 1.86. The summed E-state index contributed by atoms with van der Waals surface area (Å²) in [5.74, 6) is -0.283. The van der Waals surface area contributed by atoms with Gasteiger partial charge >= 0.3 is 0 Å². The molecule has 128 valence electrons. The van der Waals surface area contributed by atoms with Gasteiger partial charge in [0.1, 0.15) is 0 Å². The monoisotopic (exact) mass is 382 g/mol. The second kappa shape index (κ2) is 9.05. The van der Waals surface area contributed by atoms with E-state index in [0.29, 0.717) is 8.68 Å². The van der Waals surface area contributed by atoms with E-state index >= 15 is 0 Å². The molecule has 24 heavy (non-hydrogen) atoms. The van der Waals surface area contributed by atoms with Crippen LogP contribution >= 0.6 is 34.9 Å². The molecular weight excluding hydrogens is 364 g/mol. The third kappa shape index (κ3) is 5.81. The molecular formula is C15H18N4O2S3. The predicted molar refractivity (Wildman–Crippen MR) is 98.1 cm³/mol. The third-order valence-corrected chi connectivity index (χ3v) is 6.29. The topological polar surface area (TPSA) is 98.0 Å². The van der Waals surface area contributed by atoms with Gasteiger partial charge in [-0.25, -0.2) is 0 Å². The van der Waals surface area contributed by atoms with Gasteiger partial charge in [0.15, 0.2) is 8.68 Å². The van der Waals surface area contributed by atoms with Crippen LogP contribution in [0, 0.1) is 0 Å². The van der Waals surface area contributed by atoms with Crippen molar-refractivity contribution >= 4 is 46.7 Å². The number of hydrogen-bond acceptors (Lipinski definition) is 7. The first-order chi connectivity index (χ1) is 11.5. The van der Waals surface area contributed by atoms with Crippen LogP contribution in [0.4, 0.5) is 0 Å². The molecule has 0 aliphatic carbocycles. The number of amides is 2. The van der Waals surface area contributed by atoms with E-state index in [1.54, 1.807) is 0 Å². The van der Waals surface area contributed by atoms with Crippen molar-refractivity contribution in [2.45, 2.75) is 33.8 Å². The lowest BCUT2D eigenvalue weighted by molar-refractivity contribution is -0.121. The van der Waals surface area contributed by atoms with Crippen LogP contribution in [0.5, 0.6) is 0 Å². The summed E-state index contributed by atoms with van der Waals surface area (Å²) >= 11 is 3.95. The highest BCUT2D eigenvalue weighted by Gasteiger charge is 2.19. The summed E-state index contributed by atoms with van der Waals surface area (Å²) in [6.07, 6.45) is 0. The van der Waals surface area contributed by atoms with E-state index in [1.165, 1.54) is 34.9 Å². The van der Waals surface area contributed by atoms with Gasteiger partial charge in [-0.05, 0) is 19.4 Å². The van der Waals surface area contributed by atoms with Gasteiger partial charge in [-0.3, -0.25) is 9.59 Å². The zero-order chi connectivity index (χ0) is 17.5. The number of carbonyl (C=O) groups excluding carboxylic acids is 2. The summed E-state index contributed by atoms with van der Waals surface area (Å²) in [5, 5.41) is 10.7. The molecule has 0 saturated carbocycles. The van der Waals surface area contributed by atoms with Crippen LogP contribution in [0.1, 0.15) is 25.5 Å². The lowest BCUT2D eigenvalue weighted by Gasteiger charge is -2.17. The molecule has 0 aliphatic heterocycles. The molecule has 2 unspecified atom stereocenters. The molecule has 0 fully saturated rings. The molecule has 0 aliphatic rings. The maximum absolute atomic E-state index is 12.3. The Hall–Kier alpha value is -1.58. The second-order valence-electron chi connectivity index (χ2n) is 4.99. The number of nitrogens with two attached hydrogens (primary N) is 1. The molecule has 3 N–H and O–H groups in total. The molecule has 0 radical (unpaired) electrons. The number of primary amides is 1. The number of aromatic nitrogens is 2. The maximum atomic E-state index is 12.3. The van der Waals surface area contributed by atoms with E-state index in [0.717, 1.165) is 5.56 Å². The number of carbonyl (C=O) groups is 2. The van der Waals surface area contributed by atoms with E-state index in [4.69, 9.17) is 5.73 Å². The molecule has 1 heterocycles. The van der Waals surface area contributed by atoms with Crippen LogP contribution in [-0.4, -0.2) is 33.0 Å². The molecule has 2 rings (SSSR count). The largest absolute Gasteiger partial charge is 0.369 e. The number of rotatable bonds is 8. The molecule has 0 saturated heterocycles. The van der Waals surface area contributed by atoms with E-state index < -0.39 is 5.91 Å². The average molecular weight is 383 g/mol. The SMILES string of the molecule is CC(Sc1nnc(SCC(N)=O)s1)C(=O)NC(C)c1ccccc1. The van der Waals surface area contributed by atoms with Crippen LogP contribution in [-0.2, 0) is 9.59 Å². The van der Waals surface area contributed by atoms with Crippen LogP contribution in [0.25, 0.3) is 0 Å². The molecule has 9 heteroatoms. The molecule has 0 spiro atoms. The fraction of sp³-hybridized carbons (Fsp3) is 0.333. The number of thioether (sulfide) groups is 2. The molecule has 1 aromatic heterocycles. The van der Waals surface area contributed by atoms with Crippen molar-refractivity contribution in [3.05, 3.63) is 35.9 Å². The third-order valence-electron chi connectivity index (χ3n) is 3.03. The van der Waals surface area contributed by atoms with Crippen molar-refractivity contribution in [3.63, 3.8) is 0 Å². The molecule has 2 aromatic rings. The van der Waals surface area contributed by atoms with Gasteiger partial charge in [-0.1, -0.05) is 65.2 Å². The zero-order valence-electron chi connectivity index (χ0n) is 13.3. The van der Waals surface area contributed by atoms with Crippen molar-refractivity contribution in [1.29, 1.82) is 0 Å². The minimum Gasteiger partial charge on any atom is -0.369 e. The highest BCUT2D eigenvalue weighted by Crippen LogP contribution is 2.31. The van der Waals surface area contributed by atoms with Gasteiger partial charge in [-0.2, -0.15) is 0 Å². The Morgan fingerprint density at radius 1 is 1.21 bits per heavy atom. The van der Waals surface area contributed by atoms with Gasteiger partial charge in [0, 0.05) is 0 Å². The van der Waals surface area contributed by atoms with Crippen LogP contribution < -0.4 is 11.1 Å². The van der Waals surface area contributed by atoms with Crippen molar-refractivity contribution < 1.29 is 9.59 Å². The molecule has 2 atom stereocenters. The van der Waals surface area contributed by atoms with Gasteiger partial charge in [0.05, 0.1) is 17.0 Å². The highest BCUT2D eigenvalue weighted by molar-refractivity contribution is 8.04. The fourth-order valence-corrected chi connectivity index (χ4v) is 4.71. The molecule has 0 bridgehead atoms. The summed E-state index contributed by atoms with van der Waals surface area (Å²) in [5.41, 5.74) is 6.16. The first-order valence-electron chi connectivity index (χ1n) is 7.22. The summed E-state index contributed by atoms with van der Waals surface area (Å²) in [4.78, 5) is 23.1. The lowest BCUT2D eigenvalue weighted by atomic mass is 10.1. The Morgan fingerprint density at radius 2 is 1.88 bits per heavy atom. The van der Waals surface area contributed by atoms with Crippen LogP contribution in [0.2, 0.25) is 0 Å². The number of nitrogens with zero attached hydrogens (tertiary/aromatic N) is 2.